The lowest BCUT2D eigenvalue weighted by Crippen LogP contribution is -2.16. The number of amides is 1. The maximum absolute atomic E-state index is 11.9. The van der Waals surface area contributed by atoms with Gasteiger partial charge < -0.3 is 15.4 Å². The molecule has 0 heterocycles. The molecule has 0 aliphatic carbocycles. The molecule has 6 heteroatoms. The number of halogens is 1. The summed E-state index contributed by atoms with van der Waals surface area (Å²) in [4.78, 5) is 23.3. The second-order valence-corrected chi connectivity index (χ2v) is 5.18. The van der Waals surface area contributed by atoms with Gasteiger partial charge in [-0.2, -0.15) is 0 Å². The van der Waals surface area contributed by atoms with Crippen LogP contribution in [0.15, 0.2) is 48.5 Å². The standard InChI is InChI=1S/C17H17ClN2O3/c1-23-17(22)12-5-4-6-13(11-12)19-10-9-16(21)20-15-8-3-2-7-14(15)18/h2-8,11,19H,9-10H2,1H3,(H,20,21). The van der Waals surface area contributed by atoms with Crippen molar-refractivity contribution in [2.75, 3.05) is 24.3 Å². The van der Waals surface area contributed by atoms with Crippen LogP contribution in [0.1, 0.15) is 16.8 Å². The van der Waals surface area contributed by atoms with Gasteiger partial charge in [0.2, 0.25) is 5.91 Å². The molecule has 0 aliphatic rings. The molecule has 23 heavy (non-hydrogen) atoms. The van der Waals surface area contributed by atoms with E-state index in [1.165, 1.54) is 7.11 Å². The van der Waals surface area contributed by atoms with Crippen molar-refractivity contribution < 1.29 is 14.3 Å². The predicted octanol–water partition coefficient (Wildman–Crippen LogP) is 3.57. The van der Waals surface area contributed by atoms with Crippen LogP contribution < -0.4 is 10.6 Å². The highest BCUT2D eigenvalue weighted by Crippen LogP contribution is 2.20. The van der Waals surface area contributed by atoms with Gasteiger partial charge in [-0.15, -0.1) is 0 Å². The van der Waals surface area contributed by atoms with E-state index in [4.69, 9.17) is 11.6 Å². The van der Waals surface area contributed by atoms with Crippen LogP contribution in [0.3, 0.4) is 0 Å². The number of hydrogen-bond donors (Lipinski definition) is 2. The molecular formula is C17H17ClN2O3. The minimum absolute atomic E-state index is 0.144. The van der Waals surface area contributed by atoms with Crippen molar-refractivity contribution in [1.29, 1.82) is 0 Å². The van der Waals surface area contributed by atoms with E-state index in [0.29, 0.717) is 22.8 Å². The number of nitrogens with one attached hydrogen (secondary N) is 2. The third-order valence-corrected chi connectivity index (χ3v) is 3.44. The number of carbonyl (C=O) groups is 2. The Morgan fingerprint density at radius 2 is 1.91 bits per heavy atom. The van der Waals surface area contributed by atoms with Crippen molar-refractivity contribution in [2.24, 2.45) is 0 Å². The molecule has 2 aromatic carbocycles. The summed E-state index contributed by atoms with van der Waals surface area (Å²) in [5.41, 5.74) is 1.79. The number of ether oxygens (including phenoxy) is 1. The van der Waals surface area contributed by atoms with Gasteiger partial charge in [0.25, 0.3) is 0 Å². The molecule has 0 aliphatic heterocycles. The van der Waals surface area contributed by atoms with E-state index in [-0.39, 0.29) is 12.3 Å². The molecule has 0 fully saturated rings. The first kappa shape index (κ1) is 16.8. The number of carbonyl (C=O) groups excluding carboxylic acids is 2. The third kappa shape index (κ3) is 5.00. The number of methoxy groups -OCH3 is 1. The summed E-state index contributed by atoms with van der Waals surface area (Å²) in [7, 11) is 1.33. The van der Waals surface area contributed by atoms with Gasteiger partial charge >= 0.3 is 5.97 Å². The van der Waals surface area contributed by atoms with Gasteiger partial charge in [0.05, 0.1) is 23.4 Å². The molecular weight excluding hydrogens is 316 g/mol. The van der Waals surface area contributed by atoms with E-state index in [9.17, 15) is 9.59 Å². The predicted molar refractivity (Wildman–Crippen MR) is 91.0 cm³/mol. The number of rotatable bonds is 6. The summed E-state index contributed by atoms with van der Waals surface area (Å²) in [5, 5.41) is 6.34. The normalized spacial score (nSPS) is 10.0. The maximum atomic E-state index is 11.9. The quantitative estimate of drug-likeness (QED) is 0.794. The summed E-state index contributed by atoms with van der Waals surface area (Å²) in [6.45, 7) is 0.431. The number of anilines is 2. The Labute approximate surface area is 139 Å². The van der Waals surface area contributed by atoms with Gasteiger partial charge in [-0.25, -0.2) is 4.79 Å². The monoisotopic (exact) mass is 332 g/mol. The number of benzene rings is 2. The first-order valence-electron chi connectivity index (χ1n) is 7.07. The SMILES string of the molecule is COC(=O)c1cccc(NCCC(=O)Nc2ccccc2Cl)c1. The maximum Gasteiger partial charge on any atom is 0.337 e. The van der Waals surface area contributed by atoms with Crippen LogP contribution in [0, 0.1) is 0 Å². The zero-order valence-corrected chi connectivity index (χ0v) is 13.4. The second-order valence-electron chi connectivity index (χ2n) is 4.78. The fraction of sp³-hybridized carbons (Fsp3) is 0.176. The Morgan fingerprint density at radius 1 is 1.13 bits per heavy atom. The van der Waals surface area contributed by atoms with E-state index in [0.717, 1.165) is 5.69 Å². The summed E-state index contributed by atoms with van der Waals surface area (Å²) in [6, 6.07) is 14.0. The fourth-order valence-electron chi connectivity index (χ4n) is 1.97. The Hall–Kier alpha value is -2.53. The lowest BCUT2D eigenvalue weighted by atomic mass is 10.2. The van der Waals surface area contributed by atoms with Crippen LogP contribution in [-0.2, 0) is 9.53 Å². The van der Waals surface area contributed by atoms with Crippen LogP contribution in [0.4, 0.5) is 11.4 Å². The smallest absolute Gasteiger partial charge is 0.337 e. The van der Waals surface area contributed by atoms with Gasteiger partial charge in [-0.3, -0.25) is 4.79 Å². The zero-order chi connectivity index (χ0) is 16.7. The molecule has 0 atom stereocenters. The van der Waals surface area contributed by atoms with Crippen LogP contribution in [-0.4, -0.2) is 25.5 Å². The molecule has 2 N–H and O–H groups in total. The van der Waals surface area contributed by atoms with Crippen LogP contribution in [0.5, 0.6) is 0 Å². The molecule has 0 spiro atoms. The highest BCUT2D eigenvalue weighted by molar-refractivity contribution is 6.33. The van der Waals surface area contributed by atoms with Crippen molar-refractivity contribution in [2.45, 2.75) is 6.42 Å². The molecule has 0 saturated carbocycles. The lowest BCUT2D eigenvalue weighted by Gasteiger charge is -2.09. The van der Waals surface area contributed by atoms with Gasteiger partial charge in [0.1, 0.15) is 0 Å². The Balaban J connectivity index is 1.84. The van der Waals surface area contributed by atoms with Gasteiger partial charge in [0, 0.05) is 18.7 Å². The lowest BCUT2D eigenvalue weighted by molar-refractivity contribution is -0.115. The first-order chi connectivity index (χ1) is 11.1. The Kier molecular flexibility index (Phi) is 6.00. The minimum atomic E-state index is -0.398. The zero-order valence-electron chi connectivity index (χ0n) is 12.6. The van der Waals surface area contributed by atoms with Crippen molar-refractivity contribution >= 4 is 34.9 Å². The Bertz CT molecular complexity index is 704. The average molecular weight is 333 g/mol. The van der Waals surface area contributed by atoms with Gasteiger partial charge in [-0.1, -0.05) is 29.8 Å². The average Bonchev–Trinajstić information content (AvgIpc) is 2.56. The van der Waals surface area contributed by atoms with Crippen molar-refractivity contribution in [3.05, 3.63) is 59.1 Å². The first-order valence-corrected chi connectivity index (χ1v) is 7.44. The summed E-state index contributed by atoms with van der Waals surface area (Å²) in [6.07, 6.45) is 0.272. The van der Waals surface area contributed by atoms with Crippen molar-refractivity contribution in [3.63, 3.8) is 0 Å². The van der Waals surface area contributed by atoms with E-state index >= 15 is 0 Å². The molecule has 1 amide bonds. The summed E-state index contributed by atoms with van der Waals surface area (Å²) < 4.78 is 4.67. The number of esters is 1. The van der Waals surface area contributed by atoms with Crippen LogP contribution in [0.2, 0.25) is 5.02 Å². The van der Waals surface area contributed by atoms with Crippen molar-refractivity contribution in [1.82, 2.24) is 0 Å². The molecule has 2 aromatic rings. The molecule has 2 rings (SSSR count). The topological polar surface area (TPSA) is 67.4 Å². The highest BCUT2D eigenvalue weighted by Gasteiger charge is 2.07. The Morgan fingerprint density at radius 3 is 2.65 bits per heavy atom. The summed E-state index contributed by atoms with van der Waals surface area (Å²) in [5.74, 6) is -0.542. The second kappa shape index (κ2) is 8.19. The number of para-hydroxylation sites is 1. The highest BCUT2D eigenvalue weighted by atomic mass is 35.5. The van der Waals surface area contributed by atoms with E-state index < -0.39 is 5.97 Å². The summed E-state index contributed by atoms with van der Waals surface area (Å²) >= 11 is 5.98. The fourth-order valence-corrected chi connectivity index (χ4v) is 2.15. The largest absolute Gasteiger partial charge is 0.465 e. The van der Waals surface area contributed by atoms with E-state index in [2.05, 4.69) is 15.4 Å². The number of hydrogen-bond acceptors (Lipinski definition) is 4. The molecule has 120 valence electrons. The van der Waals surface area contributed by atoms with Crippen molar-refractivity contribution in [3.8, 4) is 0 Å². The molecule has 0 radical (unpaired) electrons. The molecule has 0 saturated heterocycles. The van der Waals surface area contributed by atoms with E-state index in [1.54, 1.807) is 42.5 Å². The molecule has 0 unspecified atom stereocenters. The minimum Gasteiger partial charge on any atom is -0.465 e. The molecule has 5 nitrogen and oxygen atoms in total. The van der Waals surface area contributed by atoms with E-state index in [1.807, 2.05) is 6.07 Å². The van der Waals surface area contributed by atoms with Crippen LogP contribution in [0.25, 0.3) is 0 Å². The van der Waals surface area contributed by atoms with Gasteiger partial charge in [-0.05, 0) is 30.3 Å². The molecule has 0 bridgehead atoms. The van der Waals surface area contributed by atoms with Crippen LogP contribution >= 0.6 is 11.6 Å². The van der Waals surface area contributed by atoms with Gasteiger partial charge in [0.15, 0.2) is 0 Å². The third-order valence-electron chi connectivity index (χ3n) is 3.11. The molecule has 0 aromatic heterocycles.